The van der Waals surface area contributed by atoms with Crippen molar-refractivity contribution >= 4 is 40.5 Å². The second kappa shape index (κ2) is 5.75. The number of carbonyl (C=O) groups excluding carboxylic acids is 2. The topological polar surface area (TPSA) is 109 Å². The molecule has 2 amide bonds. The summed E-state index contributed by atoms with van der Waals surface area (Å²) in [5.41, 5.74) is 3.28. The molecule has 1 atom stereocenters. The van der Waals surface area contributed by atoms with Crippen LogP contribution in [0, 0.1) is 0 Å². The minimum Gasteiger partial charge on any atom is -0.481 e. The number of imide groups is 1. The van der Waals surface area contributed by atoms with E-state index >= 15 is 0 Å². The van der Waals surface area contributed by atoms with E-state index in [1.54, 1.807) is 36.4 Å². The molecule has 0 saturated carbocycles. The van der Waals surface area contributed by atoms with Gasteiger partial charge in [-0.3, -0.25) is 19.7 Å². The number of hydrogen-bond donors (Lipinski definition) is 2. The highest BCUT2D eigenvalue weighted by Gasteiger charge is 2.28. The Morgan fingerprint density at radius 2 is 1.80 bits per heavy atom. The Hall–Kier alpha value is -3.13. The molecule has 0 saturated heterocycles. The SMILES string of the molecule is O=C1NC(=O)c2cc(CC(C(=O)O)c3ccc4nsnc4c3)ccc21. The predicted molar refractivity (Wildman–Crippen MR) is 89.7 cm³/mol. The second-order valence-electron chi connectivity index (χ2n) is 5.77. The first-order valence-electron chi connectivity index (χ1n) is 7.46. The molecule has 0 radical (unpaired) electrons. The lowest BCUT2D eigenvalue weighted by atomic mass is 9.90. The van der Waals surface area contributed by atoms with Crippen molar-refractivity contribution in [1.82, 2.24) is 14.1 Å². The van der Waals surface area contributed by atoms with Crippen LogP contribution in [0.3, 0.4) is 0 Å². The number of benzene rings is 2. The number of aliphatic carboxylic acids is 1. The van der Waals surface area contributed by atoms with Crippen LogP contribution in [0.15, 0.2) is 36.4 Å². The Kier molecular flexibility index (Phi) is 3.54. The number of rotatable bonds is 4. The molecule has 0 aliphatic carbocycles. The first-order valence-corrected chi connectivity index (χ1v) is 8.19. The Balaban J connectivity index is 1.69. The molecule has 4 rings (SSSR count). The van der Waals surface area contributed by atoms with Crippen LogP contribution in [0.2, 0.25) is 0 Å². The summed E-state index contributed by atoms with van der Waals surface area (Å²) in [4.78, 5) is 35.1. The molecule has 1 aliphatic heterocycles. The van der Waals surface area contributed by atoms with Crippen molar-refractivity contribution in [2.75, 3.05) is 0 Å². The summed E-state index contributed by atoms with van der Waals surface area (Å²) in [6.45, 7) is 0. The molecule has 3 aromatic rings. The third-order valence-corrected chi connectivity index (χ3v) is 4.78. The van der Waals surface area contributed by atoms with Gasteiger partial charge in [-0.1, -0.05) is 12.1 Å². The van der Waals surface area contributed by atoms with Crippen LogP contribution in [0.4, 0.5) is 0 Å². The standard InChI is InChI=1S/C17H11N3O4S/c21-15-10-3-1-8(6-12(10)16(22)18-15)5-11(17(23)24)9-2-4-13-14(7-9)20-25-19-13/h1-4,6-7,11H,5H2,(H,23,24)(H,18,21,22). The van der Waals surface area contributed by atoms with E-state index < -0.39 is 23.7 Å². The average molecular weight is 353 g/mol. The largest absolute Gasteiger partial charge is 0.481 e. The zero-order chi connectivity index (χ0) is 17.6. The molecule has 2 N–H and O–H groups in total. The third-order valence-electron chi connectivity index (χ3n) is 4.22. The highest BCUT2D eigenvalue weighted by Crippen LogP contribution is 2.26. The zero-order valence-corrected chi connectivity index (χ0v) is 13.5. The van der Waals surface area contributed by atoms with E-state index in [0.29, 0.717) is 22.2 Å². The maximum atomic E-state index is 11.8. The number of amides is 2. The van der Waals surface area contributed by atoms with E-state index in [-0.39, 0.29) is 12.0 Å². The molecule has 1 aliphatic rings. The fourth-order valence-corrected chi connectivity index (χ4v) is 3.46. The number of hydrogen-bond acceptors (Lipinski definition) is 6. The van der Waals surface area contributed by atoms with Crippen LogP contribution in [0.5, 0.6) is 0 Å². The van der Waals surface area contributed by atoms with Crippen LogP contribution in [-0.2, 0) is 11.2 Å². The third kappa shape index (κ3) is 2.66. The summed E-state index contributed by atoms with van der Waals surface area (Å²) in [6.07, 6.45) is 0.202. The van der Waals surface area contributed by atoms with Crippen molar-refractivity contribution in [1.29, 1.82) is 0 Å². The van der Waals surface area contributed by atoms with Crippen molar-refractivity contribution < 1.29 is 19.5 Å². The van der Waals surface area contributed by atoms with E-state index in [1.807, 2.05) is 0 Å². The van der Waals surface area contributed by atoms with Gasteiger partial charge in [-0.15, -0.1) is 0 Å². The summed E-state index contributed by atoms with van der Waals surface area (Å²) in [5, 5.41) is 11.9. The lowest BCUT2D eigenvalue weighted by molar-refractivity contribution is -0.138. The molecular weight excluding hydrogens is 342 g/mol. The summed E-state index contributed by atoms with van der Waals surface area (Å²) in [7, 11) is 0. The fraction of sp³-hybridized carbons (Fsp3) is 0.118. The van der Waals surface area contributed by atoms with E-state index in [1.165, 1.54) is 0 Å². The number of fused-ring (bicyclic) bond motifs is 2. The Bertz CT molecular complexity index is 1040. The predicted octanol–water partition coefficient (Wildman–Crippen LogP) is 1.99. The molecule has 0 bridgehead atoms. The van der Waals surface area contributed by atoms with Gasteiger partial charge < -0.3 is 5.11 Å². The average Bonchev–Trinajstić information content (AvgIpc) is 3.16. The molecule has 0 spiro atoms. The van der Waals surface area contributed by atoms with Gasteiger partial charge in [0.05, 0.1) is 28.8 Å². The van der Waals surface area contributed by atoms with Gasteiger partial charge in [-0.25, -0.2) is 0 Å². The number of carboxylic acid groups (broad SMARTS) is 1. The second-order valence-corrected chi connectivity index (χ2v) is 6.30. The van der Waals surface area contributed by atoms with Gasteiger partial charge in [0.2, 0.25) is 0 Å². The van der Waals surface area contributed by atoms with Gasteiger partial charge in [-0.2, -0.15) is 8.75 Å². The van der Waals surface area contributed by atoms with E-state index in [9.17, 15) is 19.5 Å². The lowest BCUT2D eigenvalue weighted by Gasteiger charge is -2.13. The van der Waals surface area contributed by atoms with Crippen molar-refractivity contribution in [3.8, 4) is 0 Å². The molecule has 124 valence electrons. The van der Waals surface area contributed by atoms with E-state index in [0.717, 1.165) is 17.2 Å². The van der Waals surface area contributed by atoms with Crippen LogP contribution in [0.25, 0.3) is 11.0 Å². The first kappa shape index (κ1) is 15.4. The molecular formula is C17H11N3O4S. The highest BCUT2D eigenvalue weighted by molar-refractivity contribution is 7.00. The van der Waals surface area contributed by atoms with Crippen molar-refractivity contribution in [3.63, 3.8) is 0 Å². The minimum atomic E-state index is -0.969. The maximum absolute atomic E-state index is 11.8. The minimum absolute atomic E-state index is 0.202. The maximum Gasteiger partial charge on any atom is 0.311 e. The van der Waals surface area contributed by atoms with Gasteiger partial charge in [-0.05, 0) is 41.8 Å². The first-order chi connectivity index (χ1) is 12.0. The Morgan fingerprint density at radius 1 is 1.04 bits per heavy atom. The molecule has 2 heterocycles. The molecule has 25 heavy (non-hydrogen) atoms. The van der Waals surface area contributed by atoms with E-state index in [2.05, 4.69) is 14.1 Å². The summed E-state index contributed by atoms with van der Waals surface area (Å²) >= 11 is 1.08. The van der Waals surface area contributed by atoms with Crippen LogP contribution < -0.4 is 5.32 Å². The molecule has 7 nitrogen and oxygen atoms in total. The summed E-state index contributed by atoms with van der Waals surface area (Å²) < 4.78 is 8.25. The van der Waals surface area contributed by atoms with Gasteiger partial charge in [0.15, 0.2) is 0 Å². The molecule has 8 heteroatoms. The monoisotopic (exact) mass is 353 g/mol. The van der Waals surface area contributed by atoms with Gasteiger partial charge in [0.25, 0.3) is 11.8 Å². The van der Waals surface area contributed by atoms with Crippen LogP contribution in [0.1, 0.15) is 37.8 Å². The lowest BCUT2D eigenvalue weighted by Crippen LogP contribution is -2.19. The number of nitrogens with zero attached hydrogens (tertiary/aromatic N) is 2. The number of carbonyl (C=O) groups is 3. The van der Waals surface area contributed by atoms with Crippen molar-refractivity contribution in [2.24, 2.45) is 0 Å². The van der Waals surface area contributed by atoms with Gasteiger partial charge >= 0.3 is 5.97 Å². The molecule has 2 aromatic carbocycles. The summed E-state index contributed by atoms with van der Waals surface area (Å²) in [6, 6.07) is 10.0. The van der Waals surface area contributed by atoms with Crippen molar-refractivity contribution in [3.05, 3.63) is 58.7 Å². The zero-order valence-electron chi connectivity index (χ0n) is 12.7. The Labute approximate surface area is 145 Å². The Morgan fingerprint density at radius 3 is 2.60 bits per heavy atom. The van der Waals surface area contributed by atoms with Crippen molar-refractivity contribution in [2.45, 2.75) is 12.3 Å². The fourth-order valence-electron chi connectivity index (χ4n) is 2.94. The van der Waals surface area contributed by atoms with Gasteiger partial charge in [0, 0.05) is 0 Å². The van der Waals surface area contributed by atoms with Crippen LogP contribution in [-0.4, -0.2) is 31.6 Å². The molecule has 0 fully saturated rings. The van der Waals surface area contributed by atoms with E-state index in [4.69, 9.17) is 0 Å². The molecule has 1 aromatic heterocycles. The number of carboxylic acids is 1. The smallest absolute Gasteiger partial charge is 0.311 e. The number of aromatic nitrogens is 2. The molecule has 1 unspecified atom stereocenters. The van der Waals surface area contributed by atoms with Crippen LogP contribution >= 0.6 is 11.7 Å². The quantitative estimate of drug-likeness (QED) is 0.694. The normalized spacial score (nSPS) is 14.4. The number of nitrogens with one attached hydrogen (secondary N) is 1. The highest BCUT2D eigenvalue weighted by atomic mass is 32.1. The van der Waals surface area contributed by atoms with Gasteiger partial charge in [0.1, 0.15) is 11.0 Å². The summed E-state index contributed by atoms with van der Waals surface area (Å²) in [5.74, 6) is -2.64.